The van der Waals surface area contributed by atoms with Gasteiger partial charge in [-0.1, -0.05) is 30.3 Å². The molecule has 2 N–H and O–H groups in total. The number of amides is 1. The van der Waals surface area contributed by atoms with Crippen molar-refractivity contribution in [3.8, 4) is 0 Å². The number of nitrogens with two attached hydrogens (primary N) is 1. The minimum atomic E-state index is -0.0857. The second-order valence-electron chi connectivity index (χ2n) is 6.11. The molecule has 23 heavy (non-hydrogen) atoms. The Bertz CT molecular complexity index is 714. The molecular formula is C19H22N2O2. The Balaban J connectivity index is 1.84. The number of anilines is 1. The van der Waals surface area contributed by atoms with Crippen LogP contribution in [0, 0.1) is 6.92 Å². The van der Waals surface area contributed by atoms with Gasteiger partial charge in [0.1, 0.15) is 6.10 Å². The van der Waals surface area contributed by atoms with Crippen molar-refractivity contribution in [3.63, 3.8) is 0 Å². The van der Waals surface area contributed by atoms with E-state index in [1.54, 1.807) is 12.1 Å². The number of nitrogens with zero attached hydrogens (tertiary/aromatic N) is 1. The van der Waals surface area contributed by atoms with E-state index in [4.69, 9.17) is 10.5 Å². The van der Waals surface area contributed by atoms with Gasteiger partial charge in [0.25, 0.3) is 5.91 Å². The number of carbonyl (C=O) groups excluding carboxylic acids is 1. The van der Waals surface area contributed by atoms with Crippen LogP contribution in [0.5, 0.6) is 0 Å². The molecule has 1 amide bonds. The molecule has 0 saturated carbocycles. The van der Waals surface area contributed by atoms with Crippen LogP contribution < -0.4 is 5.73 Å². The van der Waals surface area contributed by atoms with Gasteiger partial charge in [-0.3, -0.25) is 4.79 Å². The van der Waals surface area contributed by atoms with E-state index in [9.17, 15) is 4.79 Å². The Morgan fingerprint density at radius 1 is 1.22 bits per heavy atom. The van der Waals surface area contributed by atoms with Crippen molar-refractivity contribution in [2.45, 2.75) is 26.0 Å². The molecule has 0 spiro atoms. The zero-order chi connectivity index (χ0) is 16.4. The molecular weight excluding hydrogens is 288 g/mol. The van der Waals surface area contributed by atoms with Gasteiger partial charge in [-0.05, 0) is 43.2 Å². The maximum absolute atomic E-state index is 12.8. The summed E-state index contributed by atoms with van der Waals surface area (Å²) in [6.45, 7) is 5.17. The number of rotatable bonds is 2. The number of morpholine rings is 1. The van der Waals surface area contributed by atoms with Gasteiger partial charge in [-0.25, -0.2) is 0 Å². The van der Waals surface area contributed by atoms with Crippen LogP contribution in [0.2, 0.25) is 0 Å². The summed E-state index contributed by atoms with van der Waals surface area (Å²) in [6, 6.07) is 15.3. The van der Waals surface area contributed by atoms with Gasteiger partial charge in [-0.15, -0.1) is 0 Å². The molecule has 2 aromatic carbocycles. The Labute approximate surface area is 136 Å². The standard InChI is InChI=1S/C19H22N2O2/c1-13-6-3-4-9-17(13)18-11-21(14(2)12-23-18)19(22)15-7-5-8-16(20)10-15/h3-10,14,18H,11-12,20H2,1-2H3. The molecule has 1 aliphatic heterocycles. The van der Waals surface area contributed by atoms with Gasteiger partial charge < -0.3 is 15.4 Å². The minimum Gasteiger partial charge on any atom is -0.399 e. The number of hydrogen-bond acceptors (Lipinski definition) is 3. The summed E-state index contributed by atoms with van der Waals surface area (Å²) in [4.78, 5) is 14.7. The van der Waals surface area contributed by atoms with Crippen LogP contribution in [0.1, 0.15) is 34.5 Å². The molecule has 0 bridgehead atoms. The van der Waals surface area contributed by atoms with Crippen molar-refractivity contribution in [2.24, 2.45) is 0 Å². The molecule has 120 valence electrons. The molecule has 0 aromatic heterocycles. The number of ether oxygens (including phenoxy) is 1. The van der Waals surface area contributed by atoms with Gasteiger partial charge in [0, 0.05) is 11.3 Å². The molecule has 0 radical (unpaired) electrons. The van der Waals surface area contributed by atoms with Crippen molar-refractivity contribution in [3.05, 3.63) is 65.2 Å². The second kappa shape index (κ2) is 6.42. The Kier molecular flexibility index (Phi) is 4.35. The lowest BCUT2D eigenvalue weighted by Gasteiger charge is -2.38. The van der Waals surface area contributed by atoms with Crippen LogP contribution >= 0.6 is 0 Å². The first-order chi connectivity index (χ1) is 11.1. The Hall–Kier alpha value is -2.33. The number of nitrogen functional groups attached to an aromatic ring is 1. The highest BCUT2D eigenvalue weighted by atomic mass is 16.5. The topological polar surface area (TPSA) is 55.6 Å². The summed E-state index contributed by atoms with van der Waals surface area (Å²) in [5.41, 5.74) is 9.36. The molecule has 0 aliphatic carbocycles. The van der Waals surface area contributed by atoms with Gasteiger partial charge >= 0.3 is 0 Å². The van der Waals surface area contributed by atoms with Gasteiger partial charge in [0.05, 0.1) is 19.2 Å². The number of hydrogen-bond donors (Lipinski definition) is 1. The van der Waals surface area contributed by atoms with Crippen LogP contribution in [0.4, 0.5) is 5.69 Å². The monoisotopic (exact) mass is 310 g/mol. The zero-order valence-corrected chi connectivity index (χ0v) is 13.5. The number of aryl methyl sites for hydroxylation is 1. The van der Waals surface area contributed by atoms with Crippen molar-refractivity contribution in [2.75, 3.05) is 18.9 Å². The summed E-state index contributed by atoms with van der Waals surface area (Å²) >= 11 is 0. The SMILES string of the molecule is Cc1ccccc1C1CN(C(=O)c2cccc(N)c2)C(C)CO1. The minimum absolute atomic E-state index is 0.00619. The molecule has 2 unspecified atom stereocenters. The van der Waals surface area contributed by atoms with Crippen LogP contribution in [-0.4, -0.2) is 30.0 Å². The summed E-state index contributed by atoms with van der Waals surface area (Å²) in [6.07, 6.45) is -0.0857. The van der Waals surface area contributed by atoms with E-state index >= 15 is 0 Å². The molecule has 2 aromatic rings. The van der Waals surface area contributed by atoms with Gasteiger partial charge in [-0.2, -0.15) is 0 Å². The van der Waals surface area contributed by atoms with E-state index in [2.05, 4.69) is 19.1 Å². The largest absolute Gasteiger partial charge is 0.399 e. The van der Waals surface area contributed by atoms with Gasteiger partial charge in [0.15, 0.2) is 0 Å². The molecule has 4 heteroatoms. The normalized spacial score (nSPS) is 21.2. The van der Waals surface area contributed by atoms with Crippen LogP contribution in [0.3, 0.4) is 0 Å². The second-order valence-corrected chi connectivity index (χ2v) is 6.11. The summed E-state index contributed by atoms with van der Waals surface area (Å²) in [5.74, 6) is 0.00619. The number of benzene rings is 2. The lowest BCUT2D eigenvalue weighted by Crippen LogP contribution is -2.48. The highest BCUT2D eigenvalue weighted by Crippen LogP contribution is 2.28. The molecule has 1 aliphatic rings. The smallest absolute Gasteiger partial charge is 0.254 e. The third-order valence-corrected chi connectivity index (χ3v) is 4.36. The fraction of sp³-hybridized carbons (Fsp3) is 0.316. The first kappa shape index (κ1) is 15.6. The lowest BCUT2D eigenvalue weighted by atomic mass is 10.0. The molecule has 1 fully saturated rings. The highest BCUT2D eigenvalue weighted by molar-refractivity contribution is 5.95. The van der Waals surface area contributed by atoms with E-state index < -0.39 is 0 Å². The molecule has 4 nitrogen and oxygen atoms in total. The van der Waals surface area contributed by atoms with Crippen molar-refractivity contribution >= 4 is 11.6 Å². The number of carbonyl (C=O) groups is 1. The molecule has 1 saturated heterocycles. The first-order valence-corrected chi connectivity index (χ1v) is 7.90. The fourth-order valence-corrected chi connectivity index (χ4v) is 3.01. The first-order valence-electron chi connectivity index (χ1n) is 7.90. The maximum atomic E-state index is 12.8. The van der Waals surface area contributed by atoms with Crippen molar-refractivity contribution < 1.29 is 9.53 Å². The lowest BCUT2D eigenvalue weighted by molar-refractivity contribution is -0.0489. The van der Waals surface area contributed by atoms with E-state index in [1.807, 2.05) is 36.1 Å². The predicted molar refractivity (Wildman–Crippen MR) is 91.2 cm³/mol. The predicted octanol–water partition coefficient (Wildman–Crippen LogP) is 3.18. The Morgan fingerprint density at radius 2 is 2.00 bits per heavy atom. The van der Waals surface area contributed by atoms with Crippen molar-refractivity contribution in [1.29, 1.82) is 0 Å². The summed E-state index contributed by atoms with van der Waals surface area (Å²) in [7, 11) is 0. The van der Waals surface area contributed by atoms with Crippen molar-refractivity contribution in [1.82, 2.24) is 4.90 Å². The quantitative estimate of drug-likeness (QED) is 0.867. The van der Waals surface area contributed by atoms with Gasteiger partial charge in [0.2, 0.25) is 0 Å². The molecule has 2 atom stereocenters. The maximum Gasteiger partial charge on any atom is 0.254 e. The average Bonchev–Trinajstić information content (AvgIpc) is 2.55. The Morgan fingerprint density at radius 3 is 2.74 bits per heavy atom. The average molecular weight is 310 g/mol. The van der Waals surface area contributed by atoms with E-state index in [0.29, 0.717) is 24.4 Å². The highest BCUT2D eigenvalue weighted by Gasteiger charge is 2.31. The molecule has 3 rings (SSSR count). The van der Waals surface area contributed by atoms with Crippen LogP contribution in [0.25, 0.3) is 0 Å². The third kappa shape index (κ3) is 3.22. The molecule has 1 heterocycles. The van der Waals surface area contributed by atoms with Crippen LogP contribution in [0.15, 0.2) is 48.5 Å². The fourth-order valence-electron chi connectivity index (χ4n) is 3.01. The zero-order valence-electron chi connectivity index (χ0n) is 13.5. The summed E-state index contributed by atoms with van der Waals surface area (Å²) in [5, 5.41) is 0. The van der Waals surface area contributed by atoms with Crippen LogP contribution in [-0.2, 0) is 4.74 Å². The van der Waals surface area contributed by atoms with E-state index in [0.717, 1.165) is 5.56 Å². The summed E-state index contributed by atoms with van der Waals surface area (Å²) < 4.78 is 5.98. The van der Waals surface area contributed by atoms with E-state index in [-0.39, 0.29) is 18.1 Å². The van der Waals surface area contributed by atoms with E-state index in [1.165, 1.54) is 5.56 Å². The third-order valence-electron chi connectivity index (χ3n) is 4.36.